The monoisotopic (exact) mass is 512 g/mol. The summed E-state index contributed by atoms with van der Waals surface area (Å²) in [6, 6.07) is 1.57. The Kier molecular flexibility index (Phi) is 6.64. The molecule has 4 rings (SSSR count). The molecule has 0 amide bonds. The number of rotatable bonds is 4. The smallest absolute Gasteiger partial charge is 0.426 e. The van der Waals surface area contributed by atoms with Gasteiger partial charge in [-0.05, 0) is 48.3 Å². The third-order valence-electron chi connectivity index (χ3n) is 5.59. The predicted octanol–water partition coefficient (Wildman–Crippen LogP) is 7.29. The van der Waals surface area contributed by atoms with Crippen molar-refractivity contribution in [3.8, 4) is 17.6 Å². The van der Waals surface area contributed by atoms with E-state index >= 15 is 0 Å². The average Bonchev–Trinajstić information content (AvgIpc) is 2.78. The van der Waals surface area contributed by atoms with Crippen LogP contribution >= 0.6 is 0 Å². The molecular formula is C25H16F8N2O. The van der Waals surface area contributed by atoms with Crippen LogP contribution in [0.2, 0.25) is 0 Å². The fraction of sp³-hybridized carbons (Fsp3) is 0.280. The van der Waals surface area contributed by atoms with Crippen LogP contribution in [0, 0.1) is 35.2 Å². The maximum Gasteiger partial charge on any atom is 0.462 e. The number of aromatic nitrogens is 2. The summed E-state index contributed by atoms with van der Waals surface area (Å²) in [5.41, 5.74) is 0.200. The van der Waals surface area contributed by atoms with E-state index in [0.29, 0.717) is 35.6 Å². The molecule has 36 heavy (non-hydrogen) atoms. The third kappa shape index (κ3) is 5.42. The first kappa shape index (κ1) is 25.4. The highest BCUT2D eigenvalue weighted by Crippen LogP contribution is 2.35. The molecule has 0 radical (unpaired) electrons. The molecular weight excluding hydrogens is 496 g/mol. The standard InChI is InChI=1S/C25H16F8N2O/c1-13-2-4-14(5-3-13)16-11-34-23(35-12-16)25(32,33)36-17-8-15-9-19(26)18(6-7-24(29,30)31)22(28)21(15)20(27)10-17/h4,8-13H,2-3,5H2,1H3. The van der Waals surface area contributed by atoms with Gasteiger partial charge in [0.1, 0.15) is 17.4 Å². The van der Waals surface area contributed by atoms with Gasteiger partial charge >= 0.3 is 12.3 Å². The van der Waals surface area contributed by atoms with E-state index in [2.05, 4.69) is 21.6 Å². The SMILES string of the molecule is CC1CC=C(c2cnc(C(F)(F)Oc3cc(F)c4c(F)c(C#CC(F)(F)F)c(F)cc4c3)nc2)CC1. The predicted molar refractivity (Wildman–Crippen MR) is 114 cm³/mol. The Morgan fingerprint density at radius 1 is 0.972 bits per heavy atom. The van der Waals surface area contributed by atoms with E-state index < -0.39 is 57.6 Å². The van der Waals surface area contributed by atoms with Crippen LogP contribution in [-0.2, 0) is 6.11 Å². The van der Waals surface area contributed by atoms with Gasteiger partial charge in [0.2, 0.25) is 5.82 Å². The first-order valence-corrected chi connectivity index (χ1v) is 10.6. The summed E-state index contributed by atoms with van der Waals surface area (Å²) in [6.45, 7) is 2.10. The molecule has 0 bridgehead atoms. The van der Waals surface area contributed by atoms with Gasteiger partial charge < -0.3 is 4.74 Å². The number of ether oxygens (including phenoxy) is 1. The molecule has 188 valence electrons. The fourth-order valence-electron chi connectivity index (χ4n) is 3.76. The lowest BCUT2D eigenvalue weighted by Gasteiger charge is -2.19. The largest absolute Gasteiger partial charge is 0.462 e. The Morgan fingerprint density at radius 3 is 2.28 bits per heavy atom. The number of hydrogen-bond donors (Lipinski definition) is 0. The van der Waals surface area contributed by atoms with Crippen molar-refractivity contribution in [2.24, 2.45) is 5.92 Å². The van der Waals surface area contributed by atoms with Crippen LogP contribution in [0.1, 0.15) is 43.1 Å². The van der Waals surface area contributed by atoms with Gasteiger partial charge in [-0.25, -0.2) is 23.1 Å². The molecule has 1 aliphatic rings. The molecule has 1 aromatic heterocycles. The van der Waals surface area contributed by atoms with Crippen LogP contribution in [0.25, 0.3) is 16.3 Å². The molecule has 1 unspecified atom stereocenters. The summed E-state index contributed by atoms with van der Waals surface area (Å²) >= 11 is 0. The van der Waals surface area contributed by atoms with Gasteiger partial charge in [0.25, 0.3) is 0 Å². The second kappa shape index (κ2) is 9.41. The summed E-state index contributed by atoms with van der Waals surface area (Å²) in [5, 5.41) is -1.50. The van der Waals surface area contributed by atoms with Crippen molar-refractivity contribution in [1.82, 2.24) is 9.97 Å². The maximum atomic E-state index is 14.7. The lowest BCUT2D eigenvalue weighted by molar-refractivity contribution is -0.192. The zero-order valence-electron chi connectivity index (χ0n) is 18.5. The Labute approximate surface area is 199 Å². The van der Waals surface area contributed by atoms with Gasteiger partial charge in [0.15, 0.2) is 5.82 Å². The highest BCUT2D eigenvalue weighted by Gasteiger charge is 2.39. The minimum atomic E-state index is -5.04. The summed E-state index contributed by atoms with van der Waals surface area (Å²) in [6.07, 6.45) is -2.20. The molecule has 1 aliphatic carbocycles. The summed E-state index contributed by atoms with van der Waals surface area (Å²) in [5.74, 6) is -4.04. The lowest BCUT2D eigenvalue weighted by atomic mass is 9.89. The molecule has 0 saturated carbocycles. The molecule has 2 aromatic carbocycles. The maximum absolute atomic E-state index is 14.7. The highest BCUT2D eigenvalue weighted by molar-refractivity contribution is 5.87. The number of nitrogens with zero attached hydrogens (tertiary/aromatic N) is 2. The molecule has 0 saturated heterocycles. The normalized spacial score (nSPS) is 16.4. The number of hydrogen-bond acceptors (Lipinski definition) is 3. The van der Waals surface area contributed by atoms with Crippen molar-refractivity contribution in [1.29, 1.82) is 0 Å². The molecule has 0 N–H and O–H groups in total. The topological polar surface area (TPSA) is 35.0 Å². The fourth-order valence-corrected chi connectivity index (χ4v) is 3.76. The van der Waals surface area contributed by atoms with Gasteiger partial charge in [-0.15, -0.1) is 0 Å². The second-order valence-electron chi connectivity index (χ2n) is 8.32. The number of fused-ring (bicyclic) bond motifs is 1. The summed E-state index contributed by atoms with van der Waals surface area (Å²) in [4.78, 5) is 7.32. The van der Waals surface area contributed by atoms with E-state index in [1.165, 1.54) is 18.3 Å². The van der Waals surface area contributed by atoms with E-state index in [1.54, 1.807) is 0 Å². The van der Waals surface area contributed by atoms with Crippen LogP contribution < -0.4 is 4.74 Å². The van der Waals surface area contributed by atoms with Gasteiger partial charge in [-0.2, -0.15) is 22.0 Å². The van der Waals surface area contributed by atoms with Crippen molar-refractivity contribution in [3.63, 3.8) is 0 Å². The third-order valence-corrected chi connectivity index (χ3v) is 5.59. The van der Waals surface area contributed by atoms with Crippen molar-refractivity contribution in [2.45, 2.75) is 38.5 Å². The molecule has 3 nitrogen and oxygen atoms in total. The number of benzene rings is 2. The highest BCUT2D eigenvalue weighted by atomic mass is 19.4. The first-order valence-electron chi connectivity index (χ1n) is 10.6. The minimum absolute atomic E-state index is 0.389. The number of allylic oxidation sites excluding steroid dienone is 2. The first-order chi connectivity index (χ1) is 16.8. The Hall–Kier alpha value is -3.68. The minimum Gasteiger partial charge on any atom is -0.426 e. The Balaban J connectivity index is 1.63. The van der Waals surface area contributed by atoms with Gasteiger partial charge in [-0.1, -0.05) is 18.9 Å². The number of halogens is 8. The van der Waals surface area contributed by atoms with E-state index in [-0.39, 0.29) is 0 Å². The van der Waals surface area contributed by atoms with Crippen LogP contribution in [0.4, 0.5) is 35.1 Å². The second-order valence-corrected chi connectivity index (χ2v) is 8.32. The van der Waals surface area contributed by atoms with E-state index in [4.69, 9.17) is 0 Å². The molecule has 1 atom stereocenters. The van der Waals surface area contributed by atoms with Crippen molar-refractivity contribution < 1.29 is 39.9 Å². The average molecular weight is 512 g/mol. The lowest BCUT2D eigenvalue weighted by Crippen LogP contribution is -2.25. The van der Waals surface area contributed by atoms with Crippen LogP contribution in [0.3, 0.4) is 0 Å². The summed E-state index contributed by atoms with van der Waals surface area (Å²) < 4.78 is 114. The molecule has 0 spiro atoms. The molecule has 1 heterocycles. The van der Waals surface area contributed by atoms with Crippen LogP contribution in [-0.4, -0.2) is 16.1 Å². The van der Waals surface area contributed by atoms with Crippen molar-refractivity contribution >= 4 is 16.3 Å². The molecule has 3 aromatic rings. The zero-order chi connectivity index (χ0) is 26.3. The van der Waals surface area contributed by atoms with Crippen molar-refractivity contribution in [3.05, 3.63) is 71.1 Å². The molecule has 11 heteroatoms. The Bertz CT molecular complexity index is 1400. The van der Waals surface area contributed by atoms with Gasteiger partial charge in [-0.3, -0.25) is 0 Å². The molecule has 0 fully saturated rings. The molecule has 0 aliphatic heterocycles. The van der Waals surface area contributed by atoms with E-state index in [1.807, 2.05) is 6.08 Å². The summed E-state index contributed by atoms with van der Waals surface area (Å²) in [7, 11) is 0. The van der Waals surface area contributed by atoms with E-state index in [9.17, 15) is 35.1 Å². The van der Waals surface area contributed by atoms with Crippen molar-refractivity contribution in [2.75, 3.05) is 0 Å². The quantitative estimate of drug-likeness (QED) is 0.272. The van der Waals surface area contributed by atoms with E-state index in [0.717, 1.165) is 24.8 Å². The Morgan fingerprint density at radius 2 is 1.67 bits per heavy atom. The van der Waals surface area contributed by atoms with Gasteiger partial charge in [0.05, 0.1) is 10.9 Å². The van der Waals surface area contributed by atoms with Gasteiger partial charge in [0, 0.05) is 29.9 Å². The number of alkyl halides is 5. The van der Waals surface area contributed by atoms with Crippen LogP contribution in [0.15, 0.2) is 36.7 Å². The van der Waals surface area contributed by atoms with Crippen LogP contribution in [0.5, 0.6) is 5.75 Å². The zero-order valence-corrected chi connectivity index (χ0v) is 18.5.